The van der Waals surface area contributed by atoms with Crippen molar-refractivity contribution in [3.05, 3.63) is 64.7 Å². The fraction of sp³-hybridized carbons (Fsp3) is 0.0385. The predicted octanol–water partition coefficient (Wildman–Crippen LogP) is 5.61. The number of hydrogen-bond donors (Lipinski definition) is 7. The molecule has 0 unspecified atom stereocenters. The summed E-state index contributed by atoms with van der Waals surface area (Å²) in [5.41, 5.74) is -2.66. The zero-order valence-corrected chi connectivity index (χ0v) is 30.9. The number of anilines is 2. The Labute approximate surface area is 312 Å². The molecule has 0 saturated heterocycles. The van der Waals surface area contributed by atoms with Gasteiger partial charge in [0.2, 0.25) is 16.5 Å². The Bertz CT molecular complexity index is 2910. The Balaban J connectivity index is 1.61. The first-order valence-electron chi connectivity index (χ1n) is 13.7. The number of benzene rings is 4. The molecule has 22 nitrogen and oxygen atoms in total. The number of hydrogen-bond acceptors (Lipinski definition) is 18. The van der Waals surface area contributed by atoms with Gasteiger partial charge in [-0.05, 0) is 78.2 Å². The molecule has 7 N–H and O–H groups in total. The van der Waals surface area contributed by atoms with Crippen LogP contribution < -0.4 is 5.32 Å². The van der Waals surface area contributed by atoms with Gasteiger partial charge in [0.1, 0.15) is 37.5 Å². The normalized spacial score (nSPS) is 12.9. The van der Waals surface area contributed by atoms with Gasteiger partial charge >= 0.3 is 0 Å². The molecule has 4 aromatic carbocycles. The lowest BCUT2D eigenvalue weighted by molar-refractivity contribution is 0.470. The van der Waals surface area contributed by atoms with Gasteiger partial charge < -0.3 is 15.5 Å². The fourth-order valence-electron chi connectivity index (χ4n) is 4.59. The minimum Gasteiger partial charge on any atom is -0.506 e. The van der Waals surface area contributed by atoms with Gasteiger partial charge in [0.25, 0.3) is 40.5 Å². The SMILES string of the molecule is Cc1cc(/N=N/c2c(S(=O)(=O)O)cc3c(S(=O)(=O)O)c(Nc4nc(Cl)nc(Cl)n4)ccc3c2O)c(O)cc1/N=N/c1cc(S(=O)(=O)O)ccc1S(=O)(=O)O. The lowest BCUT2D eigenvalue weighted by Crippen LogP contribution is -2.08. The van der Waals surface area contributed by atoms with Gasteiger partial charge in [-0.15, -0.1) is 15.3 Å². The zero-order valence-electron chi connectivity index (χ0n) is 26.1. The molecule has 0 radical (unpaired) electrons. The number of phenolic OH excluding ortho intramolecular Hbond substituents is 2. The van der Waals surface area contributed by atoms with Crippen molar-refractivity contribution in [2.24, 2.45) is 20.5 Å². The highest BCUT2D eigenvalue weighted by molar-refractivity contribution is 7.87. The molecule has 0 fully saturated rings. The summed E-state index contributed by atoms with van der Waals surface area (Å²) in [7, 11) is -20.4. The van der Waals surface area contributed by atoms with E-state index in [0.717, 1.165) is 24.3 Å². The summed E-state index contributed by atoms with van der Waals surface area (Å²) in [6.07, 6.45) is 0. The Morgan fingerprint density at radius 1 is 0.611 bits per heavy atom. The van der Waals surface area contributed by atoms with Crippen LogP contribution in [0.1, 0.15) is 5.56 Å². The molecule has 0 atom stereocenters. The second-order valence-electron chi connectivity index (χ2n) is 10.5. The van der Waals surface area contributed by atoms with Crippen LogP contribution >= 0.6 is 23.2 Å². The summed E-state index contributed by atoms with van der Waals surface area (Å²) in [6, 6.07) is 6.52. The van der Waals surface area contributed by atoms with E-state index >= 15 is 0 Å². The van der Waals surface area contributed by atoms with Crippen molar-refractivity contribution in [3.8, 4) is 11.5 Å². The van der Waals surface area contributed by atoms with Crippen molar-refractivity contribution in [2.45, 2.75) is 26.5 Å². The van der Waals surface area contributed by atoms with Crippen LogP contribution in [0.25, 0.3) is 10.8 Å². The third-order valence-corrected chi connectivity index (χ3v) is 10.8. The van der Waals surface area contributed by atoms with Gasteiger partial charge in [-0.3, -0.25) is 18.2 Å². The molecule has 0 bridgehead atoms. The Hall–Kier alpha value is -5.03. The molecule has 0 amide bonds. The number of halogens is 2. The van der Waals surface area contributed by atoms with Crippen LogP contribution in [0.3, 0.4) is 0 Å². The molecule has 54 heavy (non-hydrogen) atoms. The van der Waals surface area contributed by atoms with Crippen LogP contribution in [-0.2, 0) is 40.5 Å². The number of aromatic hydroxyl groups is 2. The Kier molecular flexibility index (Phi) is 10.6. The van der Waals surface area contributed by atoms with Crippen LogP contribution in [0.5, 0.6) is 11.5 Å². The second-order valence-corrected chi connectivity index (χ2v) is 16.7. The number of nitrogens with one attached hydrogen (secondary N) is 1. The first kappa shape index (κ1) is 40.2. The fourth-order valence-corrected chi connectivity index (χ4v) is 7.55. The molecule has 28 heteroatoms. The summed E-state index contributed by atoms with van der Waals surface area (Å²) in [5.74, 6) is -2.22. The highest BCUT2D eigenvalue weighted by Gasteiger charge is 2.28. The van der Waals surface area contributed by atoms with Gasteiger partial charge in [-0.1, -0.05) is 0 Å². The molecule has 5 aromatic rings. The molecule has 1 heterocycles. The van der Waals surface area contributed by atoms with Crippen LogP contribution in [0.2, 0.25) is 10.6 Å². The Morgan fingerprint density at radius 2 is 1.20 bits per heavy atom. The molecule has 0 aliphatic carbocycles. The largest absolute Gasteiger partial charge is 0.506 e. The van der Waals surface area contributed by atoms with Crippen molar-refractivity contribution in [2.75, 3.05) is 5.32 Å². The number of aromatic nitrogens is 3. The van der Waals surface area contributed by atoms with Gasteiger partial charge in [-0.2, -0.15) is 53.7 Å². The van der Waals surface area contributed by atoms with Gasteiger partial charge in [-0.25, -0.2) is 0 Å². The summed E-state index contributed by atoms with van der Waals surface area (Å²) >= 11 is 11.5. The number of rotatable bonds is 10. The monoisotopic (exact) mass is 864 g/mol. The number of fused-ring (bicyclic) bond motifs is 1. The molecule has 5 rings (SSSR count). The van der Waals surface area contributed by atoms with E-state index in [4.69, 9.17) is 23.2 Å². The molecule has 1 aromatic heterocycles. The second kappa shape index (κ2) is 14.3. The minimum absolute atomic E-state index is 0.112. The maximum absolute atomic E-state index is 12.6. The lowest BCUT2D eigenvalue weighted by Gasteiger charge is -2.15. The van der Waals surface area contributed by atoms with E-state index in [1.165, 1.54) is 6.92 Å². The minimum atomic E-state index is -5.36. The van der Waals surface area contributed by atoms with Crippen LogP contribution in [0.4, 0.5) is 34.4 Å². The van der Waals surface area contributed by atoms with E-state index in [1.54, 1.807) is 0 Å². The summed E-state index contributed by atoms with van der Waals surface area (Å²) in [6.45, 7) is 1.36. The van der Waals surface area contributed by atoms with Crippen LogP contribution in [-0.4, -0.2) is 77.0 Å². The first-order valence-corrected chi connectivity index (χ1v) is 20.2. The van der Waals surface area contributed by atoms with Gasteiger partial charge in [0, 0.05) is 16.8 Å². The number of phenols is 2. The molecule has 0 saturated carbocycles. The smallest absolute Gasteiger partial charge is 0.297 e. The van der Waals surface area contributed by atoms with E-state index in [9.17, 15) is 62.1 Å². The maximum atomic E-state index is 12.6. The summed E-state index contributed by atoms with van der Waals surface area (Å²) < 4.78 is 136. The van der Waals surface area contributed by atoms with Crippen molar-refractivity contribution in [3.63, 3.8) is 0 Å². The van der Waals surface area contributed by atoms with E-state index in [0.29, 0.717) is 24.3 Å². The van der Waals surface area contributed by atoms with E-state index in [2.05, 4.69) is 40.7 Å². The molecule has 284 valence electrons. The highest BCUT2D eigenvalue weighted by atomic mass is 35.5. The van der Waals surface area contributed by atoms with Gasteiger partial charge in [0.15, 0.2) is 5.75 Å². The maximum Gasteiger partial charge on any atom is 0.297 e. The Morgan fingerprint density at radius 3 is 1.78 bits per heavy atom. The average Bonchev–Trinajstić information content (AvgIpc) is 3.02. The van der Waals surface area contributed by atoms with Gasteiger partial charge in [0.05, 0.1) is 16.3 Å². The summed E-state index contributed by atoms with van der Waals surface area (Å²) in [5, 5.41) is 37.0. The van der Waals surface area contributed by atoms with Crippen molar-refractivity contribution >= 4 is 109 Å². The molecular formula is C26H18Cl2N8O14S4. The lowest BCUT2D eigenvalue weighted by atomic mass is 10.1. The molecular weight excluding hydrogens is 848 g/mol. The van der Waals surface area contributed by atoms with Crippen molar-refractivity contribution in [1.29, 1.82) is 0 Å². The number of nitrogens with zero attached hydrogens (tertiary/aromatic N) is 7. The predicted molar refractivity (Wildman–Crippen MR) is 186 cm³/mol. The van der Waals surface area contributed by atoms with Crippen LogP contribution in [0.15, 0.2) is 88.6 Å². The van der Waals surface area contributed by atoms with Crippen molar-refractivity contribution in [1.82, 2.24) is 15.0 Å². The first-order chi connectivity index (χ1) is 24.8. The number of azo groups is 2. The quantitative estimate of drug-likeness (QED) is 0.0662. The van der Waals surface area contributed by atoms with E-state index in [1.807, 2.05) is 0 Å². The average molecular weight is 866 g/mol. The van der Waals surface area contributed by atoms with E-state index in [-0.39, 0.29) is 11.3 Å². The van der Waals surface area contributed by atoms with Crippen LogP contribution in [0, 0.1) is 6.92 Å². The van der Waals surface area contributed by atoms with Crippen molar-refractivity contribution < 1.29 is 62.1 Å². The third-order valence-electron chi connectivity index (χ3n) is 6.87. The molecule has 0 spiro atoms. The standard InChI is InChI=1S/C26H18Cl2N8O14S4/c1-10-6-16(18(37)9-15(10)33-35-17-7-11(51(39,40)41)2-5-19(17)52(42,43)44)34-36-21-20(53(45,46)47)8-13-12(22(21)38)3-4-14(23(13)54(48,49)50)29-26-31-24(27)30-25(28)32-26/h2-9,37-38H,1H3,(H,39,40,41)(H,42,43,44)(H,45,46,47)(H,48,49,50)(H,29,30,31,32)/b35-33+,36-34+. The molecule has 0 aliphatic heterocycles. The highest BCUT2D eigenvalue weighted by Crippen LogP contribution is 2.46. The topological polar surface area (TPSA) is 358 Å². The molecule has 0 aliphatic rings. The number of aryl methyl sites for hydroxylation is 1. The zero-order chi connectivity index (χ0) is 40.1. The van der Waals surface area contributed by atoms with E-state index < -0.39 is 122 Å². The summed E-state index contributed by atoms with van der Waals surface area (Å²) in [4.78, 5) is 7.03. The third kappa shape index (κ3) is 8.67.